The Morgan fingerprint density at radius 2 is 1.97 bits per heavy atom. The maximum Gasteiger partial charge on any atom is 0.304 e. The molecule has 0 saturated heterocycles. The van der Waals surface area contributed by atoms with Crippen LogP contribution in [-0.2, 0) is 16.0 Å². The maximum absolute atomic E-state index is 12.5. The number of nitrogens with one attached hydrogen (secondary N) is 2. The van der Waals surface area contributed by atoms with Crippen LogP contribution in [0.4, 0.5) is 17.4 Å². The first-order valence-corrected chi connectivity index (χ1v) is 10.7. The number of methoxy groups -OCH3 is 1. The second-order valence-electron chi connectivity index (χ2n) is 7.87. The molecule has 0 radical (unpaired) electrons. The number of pyridine rings is 1. The predicted octanol–water partition coefficient (Wildman–Crippen LogP) is 4.73. The molecular weight excluding hydrogens is 436 g/mol. The number of ether oxygens (including phenoxy) is 1. The first-order valence-electron chi connectivity index (χ1n) is 10.7. The monoisotopic (exact) mass is 460 g/mol. The van der Waals surface area contributed by atoms with Crippen molar-refractivity contribution < 1.29 is 23.8 Å². The summed E-state index contributed by atoms with van der Waals surface area (Å²) in [5.41, 5.74) is 3.99. The summed E-state index contributed by atoms with van der Waals surface area (Å²) >= 11 is 0. The SMILES string of the molecule is COc1cccc(Nc2nc3ccc(CC(=O)Nc4ccc(C(C)CC(=O)O)nc4)cc3o2)c1. The number of aliphatic carboxylic acids is 1. The van der Waals surface area contributed by atoms with E-state index in [2.05, 4.69) is 20.6 Å². The first kappa shape index (κ1) is 22.8. The van der Waals surface area contributed by atoms with E-state index in [0.29, 0.717) is 34.2 Å². The molecule has 9 heteroatoms. The highest BCUT2D eigenvalue weighted by Gasteiger charge is 2.13. The quantitative estimate of drug-likeness (QED) is 0.327. The average Bonchev–Trinajstić information content (AvgIpc) is 3.20. The van der Waals surface area contributed by atoms with Gasteiger partial charge in [0, 0.05) is 23.4 Å². The van der Waals surface area contributed by atoms with Crippen LogP contribution in [0.25, 0.3) is 11.1 Å². The van der Waals surface area contributed by atoms with Gasteiger partial charge in [-0.25, -0.2) is 0 Å². The van der Waals surface area contributed by atoms with Crippen molar-refractivity contribution in [3.8, 4) is 5.75 Å². The lowest BCUT2D eigenvalue weighted by molar-refractivity contribution is -0.137. The Labute approximate surface area is 195 Å². The number of hydrogen-bond acceptors (Lipinski definition) is 7. The molecule has 2 heterocycles. The Morgan fingerprint density at radius 3 is 2.71 bits per heavy atom. The van der Waals surface area contributed by atoms with Gasteiger partial charge in [-0.1, -0.05) is 19.1 Å². The molecule has 3 N–H and O–H groups in total. The molecule has 2 aromatic heterocycles. The number of benzene rings is 2. The van der Waals surface area contributed by atoms with E-state index in [0.717, 1.165) is 11.3 Å². The molecule has 174 valence electrons. The molecule has 4 rings (SSSR count). The van der Waals surface area contributed by atoms with E-state index in [1.807, 2.05) is 30.3 Å². The average molecular weight is 460 g/mol. The summed E-state index contributed by atoms with van der Waals surface area (Å²) in [5, 5.41) is 14.8. The van der Waals surface area contributed by atoms with Crippen LogP contribution in [0.3, 0.4) is 0 Å². The molecule has 4 aromatic rings. The summed E-state index contributed by atoms with van der Waals surface area (Å²) in [5.74, 6) is -0.575. The Morgan fingerprint density at radius 1 is 1.12 bits per heavy atom. The van der Waals surface area contributed by atoms with Gasteiger partial charge in [-0.15, -0.1) is 0 Å². The summed E-state index contributed by atoms with van der Waals surface area (Å²) in [4.78, 5) is 32.0. The van der Waals surface area contributed by atoms with Gasteiger partial charge in [0.25, 0.3) is 6.01 Å². The van der Waals surface area contributed by atoms with Crippen LogP contribution in [0.1, 0.15) is 30.5 Å². The minimum absolute atomic E-state index is 0.000402. The van der Waals surface area contributed by atoms with E-state index >= 15 is 0 Å². The normalized spacial score (nSPS) is 11.7. The molecule has 1 unspecified atom stereocenters. The van der Waals surface area contributed by atoms with Crippen molar-refractivity contribution in [1.29, 1.82) is 0 Å². The Balaban J connectivity index is 1.39. The molecule has 2 aromatic carbocycles. The van der Waals surface area contributed by atoms with E-state index in [9.17, 15) is 9.59 Å². The largest absolute Gasteiger partial charge is 0.497 e. The van der Waals surface area contributed by atoms with Gasteiger partial charge < -0.3 is 24.9 Å². The van der Waals surface area contributed by atoms with Crippen LogP contribution in [0.5, 0.6) is 5.75 Å². The van der Waals surface area contributed by atoms with Crippen molar-refractivity contribution in [1.82, 2.24) is 9.97 Å². The van der Waals surface area contributed by atoms with Gasteiger partial charge in [0.05, 0.1) is 31.8 Å². The lowest BCUT2D eigenvalue weighted by Crippen LogP contribution is -2.14. The minimum Gasteiger partial charge on any atom is -0.497 e. The van der Waals surface area contributed by atoms with E-state index in [-0.39, 0.29) is 24.7 Å². The summed E-state index contributed by atoms with van der Waals surface area (Å²) in [6.45, 7) is 1.80. The Kier molecular flexibility index (Phi) is 6.72. The molecule has 0 spiro atoms. The van der Waals surface area contributed by atoms with Crippen molar-refractivity contribution >= 4 is 40.4 Å². The van der Waals surface area contributed by atoms with Crippen molar-refractivity contribution in [3.63, 3.8) is 0 Å². The van der Waals surface area contributed by atoms with Gasteiger partial charge in [0.2, 0.25) is 5.91 Å². The topological polar surface area (TPSA) is 127 Å². The fourth-order valence-electron chi connectivity index (χ4n) is 3.48. The number of amides is 1. The number of oxazole rings is 1. The molecular formula is C25H24N4O5. The zero-order valence-corrected chi connectivity index (χ0v) is 18.7. The van der Waals surface area contributed by atoms with Crippen LogP contribution in [-0.4, -0.2) is 34.1 Å². The van der Waals surface area contributed by atoms with Gasteiger partial charge in [0.15, 0.2) is 5.58 Å². The number of carboxylic acid groups (broad SMARTS) is 1. The number of carbonyl (C=O) groups is 2. The Bertz CT molecular complexity index is 1320. The second kappa shape index (κ2) is 10.0. The van der Waals surface area contributed by atoms with Gasteiger partial charge in [-0.3, -0.25) is 14.6 Å². The highest BCUT2D eigenvalue weighted by molar-refractivity contribution is 5.92. The molecule has 0 fully saturated rings. The number of rotatable bonds is 9. The van der Waals surface area contributed by atoms with Crippen LogP contribution in [0, 0.1) is 0 Å². The van der Waals surface area contributed by atoms with Crippen LogP contribution in [0.2, 0.25) is 0 Å². The van der Waals surface area contributed by atoms with Gasteiger partial charge >= 0.3 is 5.97 Å². The highest BCUT2D eigenvalue weighted by atomic mass is 16.5. The summed E-state index contributed by atoms with van der Waals surface area (Å²) in [6, 6.07) is 16.6. The standard InChI is InChI=1S/C25H24N4O5/c1-15(10-24(31)32)20-9-7-18(14-26-20)27-23(30)12-16-6-8-21-22(11-16)34-25(29-21)28-17-4-3-5-19(13-17)33-2/h3-9,11,13-15H,10,12H2,1-2H3,(H,27,30)(H,28,29)(H,31,32). The fraction of sp³-hybridized carbons (Fsp3) is 0.200. The van der Waals surface area contributed by atoms with Crippen molar-refractivity contribution in [2.24, 2.45) is 0 Å². The third-order valence-electron chi connectivity index (χ3n) is 5.19. The van der Waals surface area contributed by atoms with E-state index in [1.54, 1.807) is 38.3 Å². The number of nitrogens with zero attached hydrogens (tertiary/aromatic N) is 2. The van der Waals surface area contributed by atoms with Crippen molar-refractivity contribution in [3.05, 3.63) is 72.1 Å². The van der Waals surface area contributed by atoms with Gasteiger partial charge in [-0.2, -0.15) is 4.98 Å². The molecule has 0 bridgehead atoms. The molecule has 1 amide bonds. The lowest BCUT2D eigenvalue weighted by Gasteiger charge is -2.10. The molecule has 0 aliphatic rings. The highest BCUT2D eigenvalue weighted by Crippen LogP contribution is 2.25. The van der Waals surface area contributed by atoms with Crippen LogP contribution in [0.15, 0.2) is 65.2 Å². The third kappa shape index (κ3) is 5.69. The molecule has 9 nitrogen and oxygen atoms in total. The minimum atomic E-state index is -0.876. The van der Waals surface area contributed by atoms with Gasteiger partial charge in [-0.05, 0) is 42.0 Å². The number of carbonyl (C=O) groups excluding carboxylic acids is 1. The summed E-state index contributed by atoms with van der Waals surface area (Å²) < 4.78 is 11.0. The molecule has 0 aliphatic carbocycles. The number of fused-ring (bicyclic) bond motifs is 1. The first-order chi connectivity index (χ1) is 16.4. The van der Waals surface area contributed by atoms with Gasteiger partial charge in [0.1, 0.15) is 11.3 Å². The zero-order chi connectivity index (χ0) is 24.1. The van der Waals surface area contributed by atoms with E-state index < -0.39 is 5.97 Å². The fourth-order valence-corrected chi connectivity index (χ4v) is 3.48. The molecule has 1 atom stereocenters. The predicted molar refractivity (Wildman–Crippen MR) is 128 cm³/mol. The zero-order valence-electron chi connectivity index (χ0n) is 18.7. The molecule has 34 heavy (non-hydrogen) atoms. The lowest BCUT2D eigenvalue weighted by atomic mass is 10.0. The molecule has 0 saturated carbocycles. The number of anilines is 3. The second-order valence-corrected chi connectivity index (χ2v) is 7.87. The van der Waals surface area contributed by atoms with Crippen LogP contribution >= 0.6 is 0 Å². The van der Waals surface area contributed by atoms with Crippen LogP contribution < -0.4 is 15.4 Å². The number of aromatic nitrogens is 2. The van der Waals surface area contributed by atoms with Crippen molar-refractivity contribution in [2.75, 3.05) is 17.7 Å². The maximum atomic E-state index is 12.5. The van der Waals surface area contributed by atoms with Crippen molar-refractivity contribution in [2.45, 2.75) is 25.7 Å². The third-order valence-corrected chi connectivity index (χ3v) is 5.19. The number of carboxylic acids is 1. The van der Waals surface area contributed by atoms with E-state index in [1.165, 1.54) is 6.20 Å². The summed E-state index contributed by atoms with van der Waals surface area (Å²) in [6.07, 6.45) is 1.67. The van der Waals surface area contributed by atoms with E-state index in [4.69, 9.17) is 14.3 Å². The number of hydrogen-bond donors (Lipinski definition) is 3. The molecule has 0 aliphatic heterocycles. The Hall–Kier alpha value is -4.40. The summed E-state index contributed by atoms with van der Waals surface area (Å²) in [7, 11) is 1.60. The smallest absolute Gasteiger partial charge is 0.304 e.